The summed E-state index contributed by atoms with van der Waals surface area (Å²) in [5, 5.41) is 0.335. The van der Waals surface area contributed by atoms with Crippen molar-refractivity contribution in [2.75, 3.05) is 24.5 Å². The SMILES string of the molecule is NCCC1CCCN(c2ncc(Cl)cc2F)C1. The van der Waals surface area contributed by atoms with E-state index in [0.717, 1.165) is 25.9 Å². The third-order valence-corrected chi connectivity index (χ3v) is 3.39. The molecular formula is C12H17ClFN3. The molecule has 2 rings (SSSR count). The van der Waals surface area contributed by atoms with Gasteiger partial charge in [-0.15, -0.1) is 0 Å². The molecule has 3 nitrogen and oxygen atoms in total. The average Bonchev–Trinajstić information content (AvgIpc) is 2.29. The number of rotatable bonds is 3. The molecule has 0 bridgehead atoms. The van der Waals surface area contributed by atoms with Crippen LogP contribution in [0.1, 0.15) is 19.3 Å². The smallest absolute Gasteiger partial charge is 0.167 e. The lowest BCUT2D eigenvalue weighted by Gasteiger charge is -2.33. The van der Waals surface area contributed by atoms with Gasteiger partial charge in [-0.1, -0.05) is 11.6 Å². The number of hydrogen-bond acceptors (Lipinski definition) is 3. The Hall–Kier alpha value is -0.870. The van der Waals surface area contributed by atoms with Crippen molar-refractivity contribution < 1.29 is 4.39 Å². The molecule has 0 radical (unpaired) electrons. The Labute approximate surface area is 106 Å². The van der Waals surface area contributed by atoms with Crippen molar-refractivity contribution in [3.63, 3.8) is 0 Å². The number of aromatic nitrogens is 1. The van der Waals surface area contributed by atoms with E-state index in [9.17, 15) is 4.39 Å². The molecule has 1 saturated heterocycles. The van der Waals surface area contributed by atoms with E-state index in [1.165, 1.54) is 18.7 Å². The standard InChI is InChI=1S/C12H17ClFN3/c13-10-6-11(14)12(16-7-10)17-5-1-2-9(8-17)3-4-15/h6-7,9H,1-5,8,15H2. The Morgan fingerprint density at radius 1 is 1.59 bits per heavy atom. The lowest BCUT2D eigenvalue weighted by atomic mass is 9.95. The Morgan fingerprint density at radius 2 is 2.41 bits per heavy atom. The Kier molecular flexibility index (Phi) is 4.18. The molecule has 0 spiro atoms. The third kappa shape index (κ3) is 3.07. The van der Waals surface area contributed by atoms with E-state index in [0.29, 0.717) is 23.3 Å². The minimum absolute atomic E-state index is 0.335. The zero-order chi connectivity index (χ0) is 12.3. The van der Waals surface area contributed by atoms with E-state index in [4.69, 9.17) is 17.3 Å². The van der Waals surface area contributed by atoms with Crippen LogP contribution in [-0.4, -0.2) is 24.6 Å². The predicted molar refractivity (Wildman–Crippen MR) is 67.8 cm³/mol. The van der Waals surface area contributed by atoms with Gasteiger partial charge < -0.3 is 10.6 Å². The van der Waals surface area contributed by atoms with Gasteiger partial charge in [-0.05, 0) is 37.8 Å². The molecule has 5 heteroatoms. The van der Waals surface area contributed by atoms with Crippen LogP contribution in [0.25, 0.3) is 0 Å². The highest BCUT2D eigenvalue weighted by molar-refractivity contribution is 6.30. The first-order valence-corrected chi connectivity index (χ1v) is 6.34. The summed E-state index contributed by atoms with van der Waals surface area (Å²) in [5.41, 5.74) is 5.57. The van der Waals surface area contributed by atoms with Crippen LogP contribution in [0.2, 0.25) is 5.02 Å². The zero-order valence-electron chi connectivity index (χ0n) is 9.70. The molecule has 0 aromatic carbocycles. The Balaban J connectivity index is 2.10. The van der Waals surface area contributed by atoms with Crippen molar-refractivity contribution in [2.45, 2.75) is 19.3 Å². The summed E-state index contributed by atoms with van der Waals surface area (Å²) < 4.78 is 13.7. The van der Waals surface area contributed by atoms with E-state index in [-0.39, 0.29) is 5.82 Å². The molecule has 1 aliphatic rings. The van der Waals surface area contributed by atoms with Gasteiger partial charge in [0.15, 0.2) is 11.6 Å². The molecule has 0 amide bonds. The van der Waals surface area contributed by atoms with Crippen LogP contribution in [0.3, 0.4) is 0 Å². The van der Waals surface area contributed by atoms with Crippen molar-refractivity contribution in [3.05, 3.63) is 23.1 Å². The predicted octanol–water partition coefficient (Wildman–Crippen LogP) is 2.44. The first-order valence-electron chi connectivity index (χ1n) is 5.96. The van der Waals surface area contributed by atoms with Gasteiger partial charge >= 0.3 is 0 Å². The minimum atomic E-state index is -0.342. The quantitative estimate of drug-likeness (QED) is 0.904. The molecular weight excluding hydrogens is 241 g/mol. The topological polar surface area (TPSA) is 42.1 Å². The lowest BCUT2D eigenvalue weighted by molar-refractivity contribution is 0.391. The largest absolute Gasteiger partial charge is 0.354 e. The van der Waals surface area contributed by atoms with Crippen LogP contribution in [0, 0.1) is 11.7 Å². The Bertz CT molecular complexity index is 384. The summed E-state index contributed by atoms with van der Waals surface area (Å²) >= 11 is 5.70. The highest BCUT2D eigenvalue weighted by Gasteiger charge is 2.22. The number of piperidine rings is 1. The molecule has 0 aliphatic carbocycles. The van der Waals surface area contributed by atoms with Crippen LogP contribution in [-0.2, 0) is 0 Å². The van der Waals surface area contributed by atoms with Crippen LogP contribution in [0.5, 0.6) is 0 Å². The summed E-state index contributed by atoms with van der Waals surface area (Å²) in [6.07, 6.45) is 4.72. The second kappa shape index (κ2) is 5.65. The fourth-order valence-electron chi connectivity index (χ4n) is 2.37. The van der Waals surface area contributed by atoms with Crippen molar-refractivity contribution in [2.24, 2.45) is 11.7 Å². The van der Waals surface area contributed by atoms with Crippen LogP contribution < -0.4 is 10.6 Å². The molecule has 1 unspecified atom stereocenters. The number of anilines is 1. The minimum Gasteiger partial charge on any atom is -0.354 e. The van der Waals surface area contributed by atoms with Crippen molar-refractivity contribution in [1.82, 2.24) is 4.98 Å². The van der Waals surface area contributed by atoms with E-state index < -0.39 is 0 Å². The van der Waals surface area contributed by atoms with E-state index >= 15 is 0 Å². The number of nitrogens with zero attached hydrogens (tertiary/aromatic N) is 2. The van der Waals surface area contributed by atoms with Crippen LogP contribution >= 0.6 is 11.6 Å². The summed E-state index contributed by atoms with van der Waals surface area (Å²) in [7, 11) is 0. The maximum Gasteiger partial charge on any atom is 0.167 e. The number of hydrogen-bond donors (Lipinski definition) is 1. The highest BCUT2D eigenvalue weighted by Crippen LogP contribution is 2.26. The fraction of sp³-hybridized carbons (Fsp3) is 0.583. The first-order chi connectivity index (χ1) is 8.20. The van der Waals surface area contributed by atoms with Gasteiger partial charge in [-0.2, -0.15) is 0 Å². The third-order valence-electron chi connectivity index (χ3n) is 3.18. The van der Waals surface area contributed by atoms with Gasteiger partial charge in [-0.25, -0.2) is 9.37 Å². The Morgan fingerprint density at radius 3 is 3.12 bits per heavy atom. The number of nitrogens with two attached hydrogens (primary N) is 1. The summed E-state index contributed by atoms with van der Waals surface area (Å²) in [6, 6.07) is 1.32. The first kappa shape index (κ1) is 12.6. The van der Waals surface area contributed by atoms with Crippen molar-refractivity contribution >= 4 is 17.4 Å². The van der Waals surface area contributed by atoms with Crippen molar-refractivity contribution in [1.29, 1.82) is 0 Å². The maximum absolute atomic E-state index is 13.7. The van der Waals surface area contributed by atoms with E-state index in [1.807, 2.05) is 4.90 Å². The zero-order valence-corrected chi connectivity index (χ0v) is 10.5. The van der Waals surface area contributed by atoms with Gasteiger partial charge in [-0.3, -0.25) is 0 Å². The summed E-state index contributed by atoms with van der Waals surface area (Å²) in [5.74, 6) is 0.618. The van der Waals surface area contributed by atoms with Gasteiger partial charge in [0, 0.05) is 19.3 Å². The van der Waals surface area contributed by atoms with Crippen LogP contribution in [0.15, 0.2) is 12.3 Å². The summed E-state index contributed by atoms with van der Waals surface area (Å²) in [6.45, 7) is 2.38. The molecule has 2 N–H and O–H groups in total. The second-order valence-electron chi connectivity index (χ2n) is 4.49. The molecule has 2 heterocycles. The van der Waals surface area contributed by atoms with Gasteiger partial charge in [0.05, 0.1) is 5.02 Å². The number of halogens is 2. The normalized spacial score (nSPS) is 20.6. The average molecular weight is 258 g/mol. The number of pyridine rings is 1. The van der Waals surface area contributed by atoms with Gasteiger partial charge in [0.1, 0.15) is 0 Å². The molecule has 1 aromatic heterocycles. The second-order valence-corrected chi connectivity index (χ2v) is 4.93. The molecule has 17 heavy (non-hydrogen) atoms. The molecule has 1 atom stereocenters. The van der Waals surface area contributed by atoms with E-state index in [1.54, 1.807) is 0 Å². The van der Waals surface area contributed by atoms with Gasteiger partial charge in [0.2, 0.25) is 0 Å². The lowest BCUT2D eigenvalue weighted by Crippen LogP contribution is -2.37. The fourth-order valence-corrected chi connectivity index (χ4v) is 2.51. The highest BCUT2D eigenvalue weighted by atomic mass is 35.5. The molecule has 1 aliphatic heterocycles. The van der Waals surface area contributed by atoms with Crippen molar-refractivity contribution in [3.8, 4) is 0 Å². The van der Waals surface area contributed by atoms with Crippen LogP contribution in [0.4, 0.5) is 10.2 Å². The molecule has 1 aromatic rings. The van der Waals surface area contributed by atoms with Gasteiger partial charge in [0.25, 0.3) is 0 Å². The molecule has 0 saturated carbocycles. The van der Waals surface area contributed by atoms with E-state index in [2.05, 4.69) is 4.98 Å². The molecule has 1 fully saturated rings. The monoisotopic (exact) mass is 257 g/mol. The maximum atomic E-state index is 13.7. The summed E-state index contributed by atoms with van der Waals surface area (Å²) in [4.78, 5) is 6.08. The molecule has 94 valence electrons.